The average Bonchev–Trinajstić information content (AvgIpc) is 3.49. The topological polar surface area (TPSA) is 96.0 Å². The van der Waals surface area contributed by atoms with Gasteiger partial charge in [-0.1, -0.05) is 73.0 Å². The third kappa shape index (κ3) is 7.47. The Balaban J connectivity index is 1.71. The summed E-state index contributed by atoms with van der Waals surface area (Å²) in [6, 6.07) is 21.8. The first-order valence-electron chi connectivity index (χ1n) is 14.2. The highest BCUT2D eigenvalue weighted by atomic mass is 32.2. The number of hydrogen-bond donors (Lipinski definition) is 1. The maximum atomic E-state index is 14.1. The van der Waals surface area contributed by atoms with Crippen LogP contribution in [0.2, 0.25) is 0 Å². The van der Waals surface area contributed by atoms with Gasteiger partial charge in [-0.05, 0) is 63.4 Å². The highest BCUT2D eigenvalue weighted by molar-refractivity contribution is 7.92. The molecule has 218 valence electrons. The molecule has 1 atom stereocenters. The molecular formula is C32H39N3O5S. The minimum absolute atomic E-state index is 0.0520. The summed E-state index contributed by atoms with van der Waals surface area (Å²) in [4.78, 5) is 29.0. The monoisotopic (exact) mass is 577 g/mol. The number of sulfonamides is 1. The average molecular weight is 578 g/mol. The molecule has 0 unspecified atom stereocenters. The predicted octanol–water partition coefficient (Wildman–Crippen LogP) is 5.07. The van der Waals surface area contributed by atoms with Gasteiger partial charge in [0.2, 0.25) is 11.8 Å². The molecule has 1 aliphatic carbocycles. The van der Waals surface area contributed by atoms with Gasteiger partial charge in [0.25, 0.3) is 10.0 Å². The van der Waals surface area contributed by atoms with E-state index in [2.05, 4.69) is 5.32 Å². The van der Waals surface area contributed by atoms with Crippen molar-refractivity contribution in [3.8, 4) is 5.75 Å². The van der Waals surface area contributed by atoms with Crippen molar-refractivity contribution >= 4 is 27.5 Å². The molecule has 41 heavy (non-hydrogen) atoms. The number of nitrogens with one attached hydrogen (secondary N) is 1. The fourth-order valence-corrected chi connectivity index (χ4v) is 6.48. The Morgan fingerprint density at radius 1 is 0.951 bits per heavy atom. The van der Waals surface area contributed by atoms with Crippen LogP contribution in [0.3, 0.4) is 0 Å². The summed E-state index contributed by atoms with van der Waals surface area (Å²) in [6.45, 7) is 5.46. The van der Waals surface area contributed by atoms with Gasteiger partial charge < -0.3 is 15.0 Å². The molecule has 0 bridgehead atoms. The molecule has 4 rings (SSSR count). The Bertz CT molecular complexity index is 1420. The molecule has 3 aromatic rings. The molecule has 3 aromatic carbocycles. The second kappa shape index (κ2) is 13.7. The zero-order chi connectivity index (χ0) is 29.4. The molecule has 0 spiro atoms. The second-order valence-corrected chi connectivity index (χ2v) is 12.3. The zero-order valence-electron chi connectivity index (χ0n) is 24.0. The van der Waals surface area contributed by atoms with Crippen molar-refractivity contribution in [1.82, 2.24) is 10.2 Å². The van der Waals surface area contributed by atoms with Gasteiger partial charge in [0.05, 0.1) is 17.2 Å². The molecular weight excluding hydrogens is 538 g/mol. The second-order valence-electron chi connectivity index (χ2n) is 10.4. The molecule has 0 radical (unpaired) electrons. The van der Waals surface area contributed by atoms with Crippen LogP contribution in [-0.4, -0.2) is 50.4 Å². The summed E-state index contributed by atoms with van der Waals surface area (Å²) < 4.78 is 34.8. The molecule has 0 aromatic heterocycles. The van der Waals surface area contributed by atoms with Crippen LogP contribution in [0.25, 0.3) is 0 Å². The Labute approximate surface area is 243 Å². The lowest BCUT2D eigenvalue weighted by Crippen LogP contribution is -2.52. The number of hydrogen-bond acceptors (Lipinski definition) is 5. The van der Waals surface area contributed by atoms with Gasteiger partial charge in [-0.15, -0.1) is 0 Å². The third-order valence-corrected chi connectivity index (χ3v) is 9.16. The first-order chi connectivity index (χ1) is 19.7. The van der Waals surface area contributed by atoms with Crippen molar-refractivity contribution in [2.45, 2.75) is 70.0 Å². The molecule has 1 fully saturated rings. The number of aryl methyl sites for hydroxylation is 1. The van der Waals surface area contributed by atoms with E-state index in [4.69, 9.17) is 4.74 Å². The van der Waals surface area contributed by atoms with E-state index in [0.717, 1.165) is 41.1 Å². The molecule has 0 saturated heterocycles. The zero-order valence-corrected chi connectivity index (χ0v) is 24.8. The van der Waals surface area contributed by atoms with Crippen LogP contribution in [0.4, 0.5) is 5.69 Å². The van der Waals surface area contributed by atoms with E-state index in [1.54, 1.807) is 49.4 Å². The fraction of sp³-hybridized carbons (Fsp3) is 0.375. The van der Waals surface area contributed by atoms with E-state index in [9.17, 15) is 18.0 Å². The van der Waals surface area contributed by atoms with Crippen LogP contribution in [0, 0.1) is 6.92 Å². The van der Waals surface area contributed by atoms with Crippen molar-refractivity contribution in [1.29, 1.82) is 0 Å². The van der Waals surface area contributed by atoms with Crippen molar-refractivity contribution in [3.05, 3.63) is 90.0 Å². The van der Waals surface area contributed by atoms with Crippen LogP contribution >= 0.6 is 0 Å². The van der Waals surface area contributed by atoms with Crippen LogP contribution in [0.1, 0.15) is 50.7 Å². The SMILES string of the molecule is CCOc1ccccc1N(CC(=O)N(Cc1ccc(C)cc1)[C@H](C)C(=O)NC1CCCC1)S(=O)(=O)c1ccccc1. The molecule has 9 heteroatoms. The summed E-state index contributed by atoms with van der Waals surface area (Å²) in [5, 5.41) is 3.09. The van der Waals surface area contributed by atoms with Gasteiger partial charge in [-0.2, -0.15) is 0 Å². The number of benzene rings is 3. The van der Waals surface area contributed by atoms with Gasteiger partial charge in [-0.25, -0.2) is 8.42 Å². The molecule has 1 aliphatic rings. The van der Waals surface area contributed by atoms with E-state index in [0.29, 0.717) is 12.4 Å². The van der Waals surface area contributed by atoms with Crippen molar-refractivity contribution in [2.75, 3.05) is 17.5 Å². The number of carbonyl (C=O) groups is 2. The summed E-state index contributed by atoms with van der Waals surface area (Å²) in [7, 11) is -4.16. The Morgan fingerprint density at radius 2 is 1.59 bits per heavy atom. The lowest BCUT2D eigenvalue weighted by atomic mass is 10.1. The first-order valence-corrected chi connectivity index (χ1v) is 15.6. The van der Waals surface area contributed by atoms with E-state index in [1.807, 2.05) is 38.1 Å². The van der Waals surface area contributed by atoms with Gasteiger partial charge >= 0.3 is 0 Å². The molecule has 0 aliphatic heterocycles. The molecule has 2 amide bonds. The Morgan fingerprint density at radius 3 is 2.24 bits per heavy atom. The largest absolute Gasteiger partial charge is 0.492 e. The fourth-order valence-electron chi connectivity index (χ4n) is 5.04. The minimum Gasteiger partial charge on any atom is -0.492 e. The van der Waals surface area contributed by atoms with Crippen molar-refractivity contribution in [2.24, 2.45) is 0 Å². The normalized spacial score (nSPS) is 14.3. The Kier molecular flexibility index (Phi) is 10.0. The number of nitrogens with zero attached hydrogens (tertiary/aromatic N) is 2. The third-order valence-electron chi connectivity index (χ3n) is 7.39. The van der Waals surface area contributed by atoms with Crippen LogP contribution in [0.15, 0.2) is 83.8 Å². The first kappa shape index (κ1) is 30.1. The van der Waals surface area contributed by atoms with Gasteiger partial charge in [0.1, 0.15) is 18.3 Å². The van der Waals surface area contributed by atoms with E-state index in [1.165, 1.54) is 17.0 Å². The number of carbonyl (C=O) groups excluding carboxylic acids is 2. The number of para-hydroxylation sites is 2. The summed E-state index contributed by atoms with van der Waals surface area (Å²) in [6.07, 6.45) is 3.97. The number of anilines is 1. The predicted molar refractivity (Wildman–Crippen MR) is 160 cm³/mol. The van der Waals surface area contributed by atoms with Gasteiger partial charge in [0.15, 0.2) is 0 Å². The molecule has 8 nitrogen and oxygen atoms in total. The standard InChI is InChI=1S/C32H39N3O5S/c1-4-40-30-17-11-10-16-29(30)35(41(38,39)28-14-6-5-7-15-28)23-31(36)34(22-26-20-18-24(2)19-21-26)25(3)32(37)33-27-12-8-9-13-27/h5-7,10-11,14-21,25,27H,4,8-9,12-13,22-23H2,1-3H3,(H,33,37)/t25-/m1/s1. The minimum atomic E-state index is -4.16. The highest BCUT2D eigenvalue weighted by Crippen LogP contribution is 2.33. The summed E-state index contributed by atoms with van der Waals surface area (Å²) in [5.41, 5.74) is 2.17. The van der Waals surface area contributed by atoms with E-state index >= 15 is 0 Å². The Hall–Kier alpha value is -3.85. The number of ether oxygens (including phenoxy) is 1. The van der Waals surface area contributed by atoms with Crippen LogP contribution in [-0.2, 0) is 26.2 Å². The van der Waals surface area contributed by atoms with E-state index in [-0.39, 0.29) is 29.1 Å². The van der Waals surface area contributed by atoms with Crippen LogP contribution < -0.4 is 14.4 Å². The maximum absolute atomic E-state index is 14.1. The van der Waals surface area contributed by atoms with Crippen molar-refractivity contribution < 1.29 is 22.7 Å². The number of amides is 2. The highest BCUT2D eigenvalue weighted by Gasteiger charge is 2.34. The van der Waals surface area contributed by atoms with E-state index < -0.39 is 28.5 Å². The summed E-state index contributed by atoms with van der Waals surface area (Å²) >= 11 is 0. The maximum Gasteiger partial charge on any atom is 0.264 e. The summed E-state index contributed by atoms with van der Waals surface area (Å²) in [5.74, 6) is -0.394. The van der Waals surface area contributed by atoms with Crippen molar-refractivity contribution in [3.63, 3.8) is 0 Å². The molecule has 1 saturated carbocycles. The lowest BCUT2D eigenvalue weighted by molar-refractivity contribution is -0.139. The molecule has 0 heterocycles. The lowest BCUT2D eigenvalue weighted by Gasteiger charge is -2.33. The van der Waals surface area contributed by atoms with Gasteiger partial charge in [0, 0.05) is 12.6 Å². The quantitative estimate of drug-likeness (QED) is 0.325. The molecule has 1 N–H and O–H groups in total. The smallest absolute Gasteiger partial charge is 0.264 e. The van der Waals surface area contributed by atoms with Gasteiger partial charge in [-0.3, -0.25) is 13.9 Å². The number of rotatable bonds is 12. The van der Waals surface area contributed by atoms with Crippen LogP contribution in [0.5, 0.6) is 5.75 Å².